The van der Waals surface area contributed by atoms with E-state index in [1.165, 1.54) is 43.0 Å². The summed E-state index contributed by atoms with van der Waals surface area (Å²) in [5, 5.41) is 18.1. The molecule has 0 saturated heterocycles. The fourth-order valence-corrected chi connectivity index (χ4v) is 4.91. The van der Waals surface area contributed by atoms with Crippen LogP contribution in [-0.2, 0) is 0 Å². The first-order chi connectivity index (χ1) is 15.0. The van der Waals surface area contributed by atoms with Crippen LogP contribution in [0.1, 0.15) is 21.5 Å². The summed E-state index contributed by atoms with van der Waals surface area (Å²) in [6.45, 7) is -0.000849. The summed E-state index contributed by atoms with van der Waals surface area (Å²) in [4.78, 5) is 16.9. The summed E-state index contributed by atoms with van der Waals surface area (Å²) >= 11 is 2.61. The van der Waals surface area contributed by atoms with E-state index in [0.717, 1.165) is 10.9 Å². The molecule has 4 aromatic rings. The van der Waals surface area contributed by atoms with Crippen molar-refractivity contribution in [3.8, 4) is 22.8 Å². The molecule has 0 spiro atoms. The highest BCUT2D eigenvalue weighted by atomic mass is 32.1. The van der Waals surface area contributed by atoms with Crippen molar-refractivity contribution >= 4 is 38.7 Å². The van der Waals surface area contributed by atoms with Crippen molar-refractivity contribution in [3.63, 3.8) is 0 Å². The van der Waals surface area contributed by atoms with Crippen LogP contribution in [0, 0.1) is 5.82 Å². The zero-order valence-corrected chi connectivity index (χ0v) is 18.3. The lowest BCUT2D eigenvalue weighted by Gasteiger charge is -2.11. The number of hydrogen-bond acceptors (Lipinski definition) is 7. The Labute approximate surface area is 185 Å². The van der Waals surface area contributed by atoms with Gasteiger partial charge >= 0.3 is 0 Å². The van der Waals surface area contributed by atoms with E-state index in [9.17, 15) is 14.3 Å². The number of aliphatic hydroxyl groups is 1. The minimum Gasteiger partial charge on any atom is -0.493 e. The molecular formula is C22H19FN2O4S2. The fourth-order valence-electron chi connectivity index (χ4n) is 3.14. The number of thiazole rings is 1. The van der Waals surface area contributed by atoms with Crippen LogP contribution in [0.3, 0.4) is 0 Å². The number of carbonyl (C=O) groups excluding carboxylic acids is 1. The van der Waals surface area contributed by atoms with Crippen molar-refractivity contribution in [1.29, 1.82) is 0 Å². The lowest BCUT2D eigenvalue weighted by Crippen LogP contribution is -2.28. The number of nitrogens with one attached hydrogen (secondary N) is 1. The van der Waals surface area contributed by atoms with Gasteiger partial charge in [-0.15, -0.1) is 22.7 Å². The molecule has 0 aliphatic rings. The number of thiophene rings is 1. The molecule has 4 rings (SSSR count). The second-order valence-electron chi connectivity index (χ2n) is 6.63. The molecule has 1 amide bonds. The van der Waals surface area contributed by atoms with Crippen LogP contribution >= 0.6 is 22.7 Å². The minimum absolute atomic E-state index is 0.000849. The topological polar surface area (TPSA) is 80.7 Å². The van der Waals surface area contributed by atoms with Crippen LogP contribution in [0.25, 0.3) is 21.3 Å². The summed E-state index contributed by atoms with van der Waals surface area (Å²) < 4.78 is 24.9. The summed E-state index contributed by atoms with van der Waals surface area (Å²) in [5.41, 5.74) is 1.88. The molecule has 0 bridgehead atoms. The number of rotatable bonds is 7. The predicted molar refractivity (Wildman–Crippen MR) is 120 cm³/mol. The van der Waals surface area contributed by atoms with Crippen molar-refractivity contribution in [2.75, 3.05) is 20.8 Å². The average Bonchev–Trinajstić information content (AvgIpc) is 3.44. The maximum absolute atomic E-state index is 14.0. The van der Waals surface area contributed by atoms with E-state index in [0.29, 0.717) is 32.5 Å². The number of aliphatic hydroxyl groups excluding tert-OH is 1. The molecule has 0 aliphatic heterocycles. The van der Waals surface area contributed by atoms with Crippen molar-refractivity contribution in [2.24, 2.45) is 0 Å². The first-order valence-corrected chi connectivity index (χ1v) is 11.1. The van der Waals surface area contributed by atoms with Gasteiger partial charge in [0.2, 0.25) is 0 Å². The van der Waals surface area contributed by atoms with Crippen molar-refractivity contribution in [2.45, 2.75) is 6.10 Å². The number of aromatic nitrogens is 1. The molecule has 6 nitrogen and oxygen atoms in total. The van der Waals surface area contributed by atoms with Gasteiger partial charge < -0.3 is 19.9 Å². The van der Waals surface area contributed by atoms with Crippen molar-refractivity contribution in [1.82, 2.24) is 10.3 Å². The smallest absolute Gasteiger partial charge is 0.251 e. The van der Waals surface area contributed by atoms with Gasteiger partial charge in [-0.1, -0.05) is 12.1 Å². The largest absolute Gasteiger partial charge is 0.493 e. The van der Waals surface area contributed by atoms with Gasteiger partial charge in [0.1, 0.15) is 16.9 Å². The van der Waals surface area contributed by atoms with E-state index in [1.54, 1.807) is 24.3 Å². The van der Waals surface area contributed by atoms with Gasteiger partial charge in [0.05, 0.1) is 31.2 Å². The highest BCUT2D eigenvalue weighted by Gasteiger charge is 2.18. The molecule has 0 aliphatic carbocycles. The molecule has 0 radical (unpaired) electrons. The third kappa shape index (κ3) is 4.25. The minimum atomic E-state index is -0.968. The van der Waals surface area contributed by atoms with Gasteiger partial charge in [-0.2, -0.15) is 0 Å². The second kappa shape index (κ2) is 9.01. The number of halogens is 1. The summed E-state index contributed by atoms with van der Waals surface area (Å²) in [7, 11) is 3.01. The zero-order valence-electron chi connectivity index (χ0n) is 16.7. The SMILES string of the molecule is COc1ccc(C(=O)NCC(O)c2nc(-c3csc4c(F)cccc34)cs2)cc1OC. The van der Waals surface area contributed by atoms with E-state index in [-0.39, 0.29) is 18.3 Å². The Morgan fingerprint density at radius 1 is 1.16 bits per heavy atom. The predicted octanol–water partition coefficient (Wildman–Crippen LogP) is 4.64. The first kappa shape index (κ1) is 21.2. The van der Waals surface area contributed by atoms with Crippen LogP contribution in [0.4, 0.5) is 4.39 Å². The summed E-state index contributed by atoms with van der Waals surface area (Å²) in [6.07, 6.45) is -0.968. The quantitative estimate of drug-likeness (QED) is 0.422. The monoisotopic (exact) mass is 458 g/mol. The van der Waals surface area contributed by atoms with E-state index in [2.05, 4.69) is 10.3 Å². The Morgan fingerprint density at radius 3 is 2.74 bits per heavy atom. The number of fused-ring (bicyclic) bond motifs is 1. The van der Waals surface area contributed by atoms with Crippen LogP contribution in [0.5, 0.6) is 11.5 Å². The maximum atomic E-state index is 14.0. The molecular weight excluding hydrogens is 439 g/mol. The fraction of sp³-hybridized carbons (Fsp3) is 0.182. The second-order valence-corrected chi connectivity index (χ2v) is 8.40. The Morgan fingerprint density at radius 2 is 1.97 bits per heavy atom. The first-order valence-electron chi connectivity index (χ1n) is 9.31. The van der Waals surface area contributed by atoms with Gasteiger partial charge in [-0.05, 0) is 24.3 Å². The Hall–Kier alpha value is -3.01. The highest BCUT2D eigenvalue weighted by molar-refractivity contribution is 7.17. The molecule has 9 heteroatoms. The molecule has 31 heavy (non-hydrogen) atoms. The number of amides is 1. The molecule has 160 valence electrons. The Bertz CT molecular complexity index is 1240. The highest BCUT2D eigenvalue weighted by Crippen LogP contribution is 2.36. The van der Waals surface area contributed by atoms with E-state index in [1.807, 2.05) is 16.8 Å². The van der Waals surface area contributed by atoms with Crippen LogP contribution in [-0.4, -0.2) is 36.8 Å². The molecule has 2 aromatic carbocycles. The zero-order chi connectivity index (χ0) is 22.0. The molecule has 0 fully saturated rings. The standard InChI is InChI=1S/C22H19FN2O4S2/c1-28-18-7-6-12(8-19(18)29-2)21(27)24-9-17(26)22-25-16(11-31-22)14-10-30-20-13(14)4-3-5-15(20)23/h3-8,10-11,17,26H,9H2,1-2H3,(H,24,27). The summed E-state index contributed by atoms with van der Waals surface area (Å²) in [6, 6.07) is 9.78. The number of ether oxygens (including phenoxy) is 2. The number of nitrogens with zero attached hydrogens (tertiary/aromatic N) is 1. The van der Waals surface area contributed by atoms with Crippen LogP contribution in [0.2, 0.25) is 0 Å². The molecule has 2 heterocycles. The van der Waals surface area contributed by atoms with Crippen molar-refractivity contribution < 1.29 is 23.8 Å². The molecule has 1 atom stereocenters. The van der Waals surface area contributed by atoms with Gasteiger partial charge in [0, 0.05) is 27.3 Å². The number of carbonyl (C=O) groups is 1. The number of hydrogen-bond donors (Lipinski definition) is 2. The van der Waals surface area contributed by atoms with Gasteiger partial charge in [-0.25, -0.2) is 9.37 Å². The Kier molecular flexibility index (Phi) is 6.17. The van der Waals surface area contributed by atoms with E-state index < -0.39 is 6.10 Å². The summed E-state index contributed by atoms with van der Waals surface area (Å²) in [5.74, 6) is 0.355. The maximum Gasteiger partial charge on any atom is 0.251 e. The van der Waals surface area contributed by atoms with Crippen LogP contribution < -0.4 is 14.8 Å². The Balaban J connectivity index is 1.45. The molecule has 0 saturated carbocycles. The molecule has 2 N–H and O–H groups in total. The number of methoxy groups -OCH3 is 2. The van der Waals surface area contributed by atoms with E-state index >= 15 is 0 Å². The van der Waals surface area contributed by atoms with E-state index in [4.69, 9.17) is 9.47 Å². The average molecular weight is 459 g/mol. The third-order valence-electron chi connectivity index (χ3n) is 4.74. The van der Waals surface area contributed by atoms with Crippen LogP contribution in [0.15, 0.2) is 47.2 Å². The van der Waals surface area contributed by atoms with Gasteiger partial charge in [0.15, 0.2) is 11.5 Å². The molecule has 2 aromatic heterocycles. The lowest BCUT2D eigenvalue weighted by atomic mass is 10.1. The van der Waals surface area contributed by atoms with Crippen molar-refractivity contribution in [3.05, 3.63) is 63.5 Å². The normalized spacial score (nSPS) is 12.0. The number of benzene rings is 2. The van der Waals surface area contributed by atoms with Gasteiger partial charge in [-0.3, -0.25) is 4.79 Å². The third-order valence-corrected chi connectivity index (χ3v) is 6.69. The van der Waals surface area contributed by atoms with Gasteiger partial charge in [0.25, 0.3) is 5.91 Å². The molecule has 1 unspecified atom stereocenters. The lowest BCUT2D eigenvalue weighted by molar-refractivity contribution is 0.0916.